The van der Waals surface area contributed by atoms with Gasteiger partial charge in [0.2, 0.25) is 11.8 Å². The molecule has 2 aliphatic heterocycles. The minimum atomic E-state index is -0.458. The van der Waals surface area contributed by atoms with Gasteiger partial charge >= 0.3 is 6.03 Å². The first-order chi connectivity index (χ1) is 16.0. The standard InChI is InChI=1S/C24H24ClN3O3.C2H6/c25-22-18(4-1-5-19(22)27-15-11-20(29)26-23(27)31)16-7-9-17(10-8-16)28-21(30)6-2-12-24(28)13-3-14-24;1-2/h1,4-5,7-10H,2-3,6,11-15H2,(H,26,29,31);1-2H3. The Balaban J connectivity index is 0.00000126. The molecule has 2 heterocycles. The summed E-state index contributed by atoms with van der Waals surface area (Å²) in [4.78, 5) is 40.0. The Hall–Kier alpha value is -2.86. The summed E-state index contributed by atoms with van der Waals surface area (Å²) in [6.07, 6.45) is 6.24. The number of imide groups is 1. The van der Waals surface area contributed by atoms with Crippen LogP contribution < -0.4 is 15.1 Å². The normalized spacial score (nSPS) is 19.5. The number of amides is 4. The zero-order valence-corrected chi connectivity index (χ0v) is 20.0. The van der Waals surface area contributed by atoms with Crippen LogP contribution in [-0.2, 0) is 9.59 Å². The number of carbonyl (C=O) groups excluding carboxylic acids is 3. The highest BCUT2D eigenvalue weighted by atomic mass is 35.5. The van der Waals surface area contributed by atoms with E-state index in [2.05, 4.69) is 5.32 Å². The van der Waals surface area contributed by atoms with Gasteiger partial charge in [-0.25, -0.2) is 4.79 Å². The van der Waals surface area contributed by atoms with Crippen molar-refractivity contribution >= 4 is 40.8 Å². The van der Waals surface area contributed by atoms with Gasteiger partial charge in [-0.2, -0.15) is 0 Å². The molecule has 5 rings (SSSR count). The molecule has 1 spiro atoms. The van der Waals surface area contributed by atoms with Gasteiger partial charge in [0.05, 0.1) is 10.7 Å². The summed E-state index contributed by atoms with van der Waals surface area (Å²) in [7, 11) is 0. The Morgan fingerprint density at radius 2 is 1.61 bits per heavy atom. The molecule has 2 aromatic carbocycles. The minimum absolute atomic E-state index is 0.00741. The highest BCUT2D eigenvalue weighted by molar-refractivity contribution is 6.36. The molecule has 3 fully saturated rings. The molecule has 33 heavy (non-hydrogen) atoms. The van der Waals surface area contributed by atoms with Crippen molar-refractivity contribution in [2.24, 2.45) is 0 Å². The number of urea groups is 1. The number of anilines is 2. The molecule has 0 atom stereocenters. The lowest BCUT2D eigenvalue weighted by Crippen LogP contribution is -2.59. The highest BCUT2D eigenvalue weighted by Crippen LogP contribution is 2.47. The molecule has 1 saturated carbocycles. The number of piperidine rings is 1. The van der Waals surface area contributed by atoms with Gasteiger partial charge in [-0.3, -0.25) is 19.8 Å². The Bertz CT molecular complexity index is 1060. The summed E-state index contributed by atoms with van der Waals surface area (Å²) in [5.74, 6) is -0.0648. The third-order valence-corrected chi connectivity index (χ3v) is 7.20. The number of hydrogen-bond donors (Lipinski definition) is 1. The van der Waals surface area contributed by atoms with E-state index in [0.717, 1.165) is 42.5 Å². The van der Waals surface area contributed by atoms with Crippen LogP contribution in [-0.4, -0.2) is 29.9 Å². The second-order valence-corrected chi connectivity index (χ2v) is 8.98. The first-order valence-corrected chi connectivity index (χ1v) is 12.2. The fourth-order valence-corrected chi connectivity index (χ4v) is 5.41. The largest absolute Gasteiger partial charge is 0.328 e. The van der Waals surface area contributed by atoms with E-state index in [0.29, 0.717) is 23.7 Å². The smallest absolute Gasteiger partial charge is 0.306 e. The fraction of sp³-hybridized carbons (Fsp3) is 0.423. The second kappa shape index (κ2) is 9.56. The average Bonchev–Trinajstić information content (AvgIpc) is 2.80. The lowest BCUT2D eigenvalue weighted by Gasteiger charge is -2.53. The molecule has 4 amide bonds. The number of rotatable bonds is 3. The molecule has 3 aliphatic rings. The molecular weight excluding hydrogens is 438 g/mol. The van der Waals surface area contributed by atoms with Gasteiger partial charge in [0.25, 0.3) is 0 Å². The first-order valence-electron chi connectivity index (χ1n) is 11.8. The SMILES string of the molecule is CC.O=C1CCN(c2cccc(-c3ccc(N4C(=O)CCCC45CCC5)cc3)c2Cl)C(=O)N1. The zero-order chi connectivity index (χ0) is 23.6. The third-order valence-electron chi connectivity index (χ3n) is 6.80. The van der Waals surface area contributed by atoms with Gasteiger partial charge in [-0.05, 0) is 55.9 Å². The first kappa shape index (κ1) is 23.3. The van der Waals surface area contributed by atoms with Crippen molar-refractivity contribution in [1.82, 2.24) is 5.32 Å². The summed E-state index contributed by atoms with van der Waals surface area (Å²) in [6.45, 7) is 4.30. The van der Waals surface area contributed by atoms with Crippen molar-refractivity contribution in [3.8, 4) is 11.1 Å². The Morgan fingerprint density at radius 1 is 0.909 bits per heavy atom. The van der Waals surface area contributed by atoms with Crippen molar-refractivity contribution in [3.63, 3.8) is 0 Å². The van der Waals surface area contributed by atoms with E-state index in [9.17, 15) is 14.4 Å². The molecular formula is C26H30ClN3O3. The van der Waals surface area contributed by atoms with Crippen LogP contribution >= 0.6 is 11.6 Å². The molecule has 0 aromatic heterocycles. The van der Waals surface area contributed by atoms with Gasteiger partial charge in [-0.15, -0.1) is 0 Å². The number of nitrogens with zero attached hydrogens (tertiary/aromatic N) is 2. The molecule has 2 aromatic rings. The van der Waals surface area contributed by atoms with E-state index in [1.807, 2.05) is 55.1 Å². The highest BCUT2D eigenvalue weighted by Gasteiger charge is 2.47. The van der Waals surface area contributed by atoms with Crippen LogP contribution in [0.4, 0.5) is 16.2 Å². The summed E-state index contributed by atoms with van der Waals surface area (Å²) in [6, 6.07) is 13.0. The number of nitrogens with one attached hydrogen (secondary N) is 1. The third kappa shape index (κ3) is 4.24. The van der Waals surface area contributed by atoms with E-state index in [1.54, 1.807) is 6.07 Å². The van der Waals surface area contributed by atoms with E-state index in [-0.39, 0.29) is 23.8 Å². The fourth-order valence-electron chi connectivity index (χ4n) is 5.07. The minimum Gasteiger partial charge on any atom is -0.306 e. The van der Waals surface area contributed by atoms with Crippen LogP contribution in [0.2, 0.25) is 5.02 Å². The maximum Gasteiger partial charge on any atom is 0.328 e. The van der Waals surface area contributed by atoms with E-state index >= 15 is 0 Å². The zero-order valence-electron chi connectivity index (χ0n) is 19.2. The van der Waals surface area contributed by atoms with Gasteiger partial charge in [0, 0.05) is 36.2 Å². The van der Waals surface area contributed by atoms with Crippen molar-refractivity contribution in [3.05, 3.63) is 47.5 Å². The predicted octanol–water partition coefficient (Wildman–Crippen LogP) is 5.92. The van der Waals surface area contributed by atoms with Crippen molar-refractivity contribution < 1.29 is 14.4 Å². The molecule has 6 nitrogen and oxygen atoms in total. The molecule has 1 N–H and O–H groups in total. The van der Waals surface area contributed by atoms with Gasteiger partial charge in [-0.1, -0.05) is 49.7 Å². The van der Waals surface area contributed by atoms with Crippen LogP contribution in [0.5, 0.6) is 0 Å². The average molecular weight is 468 g/mol. The summed E-state index contributed by atoms with van der Waals surface area (Å²) in [5.41, 5.74) is 3.24. The molecule has 0 radical (unpaired) electrons. The molecule has 174 valence electrons. The number of hydrogen-bond acceptors (Lipinski definition) is 3. The second-order valence-electron chi connectivity index (χ2n) is 8.60. The van der Waals surface area contributed by atoms with Crippen molar-refractivity contribution in [1.29, 1.82) is 0 Å². The molecule has 7 heteroatoms. The summed E-state index contributed by atoms with van der Waals surface area (Å²) >= 11 is 6.70. The van der Waals surface area contributed by atoms with E-state index < -0.39 is 6.03 Å². The molecule has 0 bridgehead atoms. The quantitative estimate of drug-likeness (QED) is 0.609. The van der Waals surface area contributed by atoms with Crippen molar-refractivity contribution in [2.75, 3.05) is 16.3 Å². The van der Waals surface area contributed by atoms with Gasteiger partial charge in [0.15, 0.2) is 0 Å². The molecule has 1 aliphatic carbocycles. The Kier molecular flexibility index (Phi) is 6.75. The molecule has 0 unspecified atom stereocenters. The van der Waals surface area contributed by atoms with E-state index in [4.69, 9.17) is 11.6 Å². The monoisotopic (exact) mass is 467 g/mol. The predicted molar refractivity (Wildman–Crippen MR) is 132 cm³/mol. The number of benzene rings is 2. The maximum atomic E-state index is 12.7. The Labute approximate surface area is 199 Å². The topological polar surface area (TPSA) is 69.7 Å². The number of halogens is 1. The maximum absolute atomic E-state index is 12.7. The van der Waals surface area contributed by atoms with Crippen LogP contribution in [0.3, 0.4) is 0 Å². The van der Waals surface area contributed by atoms with E-state index in [1.165, 1.54) is 11.3 Å². The lowest BCUT2D eigenvalue weighted by molar-refractivity contribution is -0.122. The lowest BCUT2D eigenvalue weighted by atomic mass is 9.69. The van der Waals surface area contributed by atoms with Crippen molar-refractivity contribution in [2.45, 2.75) is 64.3 Å². The van der Waals surface area contributed by atoms with Gasteiger partial charge < -0.3 is 4.90 Å². The van der Waals surface area contributed by atoms with Crippen LogP contribution in [0.25, 0.3) is 11.1 Å². The van der Waals surface area contributed by atoms with Crippen LogP contribution in [0.1, 0.15) is 58.8 Å². The van der Waals surface area contributed by atoms with Crippen LogP contribution in [0, 0.1) is 0 Å². The Morgan fingerprint density at radius 3 is 2.24 bits per heavy atom. The van der Waals surface area contributed by atoms with Crippen LogP contribution in [0.15, 0.2) is 42.5 Å². The number of carbonyl (C=O) groups is 3. The van der Waals surface area contributed by atoms with Gasteiger partial charge in [0.1, 0.15) is 0 Å². The summed E-state index contributed by atoms with van der Waals surface area (Å²) in [5, 5.41) is 2.80. The summed E-state index contributed by atoms with van der Waals surface area (Å²) < 4.78 is 0. The molecule has 2 saturated heterocycles.